The number of carbonyl (C=O) groups excluding carboxylic acids is 2. The number of carbonyl (C=O) groups is 2. The number of hydrogen-bond donors (Lipinski definition) is 2. The summed E-state index contributed by atoms with van der Waals surface area (Å²) in [5.41, 5.74) is 2.99. The summed E-state index contributed by atoms with van der Waals surface area (Å²) in [7, 11) is 0. The van der Waals surface area contributed by atoms with E-state index in [1.807, 2.05) is 26.0 Å². The van der Waals surface area contributed by atoms with Gasteiger partial charge in [0, 0.05) is 18.5 Å². The minimum absolute atomic E-state index is 0.279. The van der Waals surface area contributed by atoms with Gasteiger partial charge in [-0.2, -0.15) is 0 Å². The first kappa shape index (κ1) is 21.8. The highest BCUT2D eigenvalue weighted by molar-refractivity contribution is 7.09. The maximum Gasteiger partial charge on any atom is 0.270 e. The van der Waals surface area contributed by atoms with Crippen LogP contribution in [0.3, 0.4) is 0 Å². The highest BCUT2D eigenvalue weighted by atomic mass is 35.5. The van der Waals surface area contributed by atoms with Crippen LogP contribution >= 0.6 is 22.9 Å². The lowest BCUT2D eigenvalue weighted by Gasteiger charge is -2.07. The van der Waals surface area contributed by atoms with Crippen LogP contribution in [-0.2, 0) is 6.61 Å². The molecule has 2 amide bonds. The summed E-state index contributed by atoms with van der Waals surface area (Å²) in [5, 5.41) is 8.26. The van der Waals surface area contributed by atoms with E-state index in [2.05, 4.69) is 21.7 Å². The number of aryl methyl sites for hydroxylation is 2. The predicted molar refractivity (Wildman–Crippen MR) is 118 cm³/mol. The minimum Gasteiger partial charge on any atom is -0.486 e. The monoisotopic (exact) mass is 443 g/mol. The molecular formula is C22H22ClN3O3S. The van der Waals surface area contributed by atoms with Crippen molar-refractivity contribution < 1.29 is 14.3 Å². The van der Waals surface area contributed by atoms with Gasteiger partial charge in [-0.1, -0.05) is 29.8 Å². The van der Waals surface area contributed by atoms with Crippen LogP contribution in [-0.4, -0.2) is 29.9 Å². The topological polar surface area (TPSA) is 80.3 Å². The third kappa shape index (κ3) is 6.05. The average Bonchev–Trinajstić information content (AvgIpc) is 3.18. The van der Waals surface area contributed by atoms with E-state index in [9.17, 15) is 9.59 Å². The van der Waals surface area contributed by atoms with Crippen LogP contribution in [0.5, 0.6) is 5.75 Å². The van der Waals surface area contributed by atoms with Crippen molar-refractivity contribution in [3.8, 4) is 5.75 Å². The van der Waals surface area contributed by atoms with Gasteiger partial charge in [-0.3, -0.25) is 9.59 Å². The molecule has 0 aliphatic carbocycles. The zero-order valence-corrected chi connectivity index (χ0v) is 18.3. The quantitative estimate of drug-likeness (QED) is 0.512. The largest absolute Gasteiger partial charge is 0.486 e. The second-order valence-corrected chi connectivity index (χ2v) is 8.08. The lowest BCUT2D eigenvalue weighted by Crippen LogP contribution is -2.34. The van der Waals surface area contributed by atoms with Crippen molar-refractivity contribution in [1.29, 1.82) is 0 Å². The number of nitrogens with one attached hydrogen (secondary N) is 2. The maximum atomic E-state index is 12.2. The number of nitrogens with zero attached hydrogens (tertiary/aromatic N) is 1. The Hall–Kier alpha value is -2.90. The second kappa shape index (κ2) is 10.2. The van der Waals surface area contributed by atoms with Gasteiger partial charge in [0.05, 0.1) is 10.6 Å². The van der Waals surface area contributed by atoms with Crippen molar-refractivity contribution in [3.63, 3.8) is 0 Å². The Bertz CT molecular complexity index is 1030. The molecular weight excluding hydrogens is 422 g/mol. The summed E-state index contributed by atoms with van der Waals surface area (Å²) in [5.74, 6) is 0.202. The molecule has 1 aromatic heterocycles. The third-order valence-electron chi connectivity index (χ3n) is 4.16. The van der Waals surface area contributed by atoms with Gasteiger partial charge in [-0.25, -0.2) is 4.98 Å². The maximum absolute atomic E-state index is 12.2. The first-order valence-electron chi connectivity index (χ1n) is 9.39. The molecule has 0 radical (unpaired) electrons. The van der Waals surface area contributed by atoms with Gasteiger partial charge in [-0.15, -0.1) is 11.3 Å². The highest BCUT2D eigenvalue weighted by Gasteiger charge is 2.12. The third-order valence-corrected chi connectivity index (χ3v) is 5.31. The molecule has 1 heterocycles. The molecule has 0 aliphatic heterocycles. The Labute approximate surface area is 184 Å². The zero-order valence-electron chi connectivity index (χ0n) is 16.7. The van der Waals surface area contributed by atoms with E-state index in [0.29, 0.717) is 27.9 Å². The Kier molecular flexibility index (Phi) is 7.43. The fourth-order valence-electron chi connectivity index (χ4n) is 2.83. The summed E-state index contributed by atoms with van der Waals surface area (Å²) in [6, 6.07) is 12.8. The molecule has 0 aliphatic rings. The summed E-state index contributed by atoms with van der Waals surface area (Å²) in [6.07, 6.45) is 0. The standard InChI is InChI=1S/C22H22ClN3O3S/c1-14-9-15(2)11-16(10-14)29-12-20-26-19(13-30-20)22(28)25-8-7-24-21(27)17-5-3-4-6-18(17)23/h3-6,9-11,13H,7-8,12H2,1-2H3,(H,24,27)(H,25,28). The van der Waals surface area contributed by atoms with Gasteiger partial charge < -0.3 is 15.4 Å². The molecule has 3 aromatic rings. The molecule has 6 nitrogen and oxygen atoms in total. The first-order valence-corrected chi connectivity index (χ1v) is 10.6. The molecule has 0 bridgehead atoms. The Balaban J connectivity index is 1.43. The fourth-order valence-corrected chi connectivity index (χ4v) is 3.73. The van der Waals surface area contributed by atoms with Gasteiger partial charge in [0.25, 0.3) is 11.8 Å². The molecule has 8 heteroatoms. The van der Waals surface area contributed by atoms with Crippen molar-refractivity contribution in [2.24, 2.45) is 0 Å². The first-order chi connectivity index (χ1) is 14.4. The number of ether oxygens (including phenoxy) is 1. The smallest absolute Gasteiger partial charge is 0.270 e. The molecule has 0 unspecified atom stereocenters. The van der Waals surface area contributed by atoms with E-state index in [1.54, 1.807) is 29.6 Å². The van der Waals surface area contributed by atoms with Crippen molar-refractivity contribution in [1.82, 2.24) is 15.6 Å². The van der Waals surface area contributed by atoms with E-state index < -0.39 is 0 Å². The van der Waals surface area contributed by atoms with Crippen LogP contribution in [0.1, 0.15) is 37.0 Å². The molecule has 2 aromatic carbocycles. The van der Waals surface area contributed by atoms with Crippen LogP contribution in [0.2, 0.25) is 5.02 Å². The van der Waals surface area contributed by atoms with Crippen molar-refractivity contribution >= 4 is 34.8 Å². The summed E-state index contributed by atoms with van der Waals surface area (Å²) >= 11 is 7.36. The normalized spacial score (nSPS) is 10.5. The second-order valence-electron chi connectivity index (χ2n) is 6.73. The average molecular weight is 444 g/mol. The van der Waals surface area contributed by atoms with Crippen LogP contribution in [0.25, 0.3) is 0 Å². The number of thiazole rings is 1. The molecule has 0 atom stereocenters. The van der Waals surface area contributed by atoms with Crippen molar-refractivity contribution in [3.05, 3.63) is 80.3 Å². The van der Waals surface area contributed by atoms with Gasteiger partial charge in [0.1, 0.15) is 23.1 Å². The van der Waals surface area contributed by atoms with Gasteiger partial charge >= 0.3 is 0 Å². The number of amides is 2. The number of rotatable bonds is 8. The predicted octanol–water partition coefficient (Wildman–Crippen LogP) is 4.15. The van der Waals surface area contributed by atoms with E-state index in [1.165, 1.54) is 11.3 Å². The van der Waals surface area contributed by atoms with Crippen molar-refractivity contribution in [2.45, 2.75) is 20.5 Å². The number of benzene rings is 2. The fraction of sp³-hybridized carbons (Fsp3) is 0.227. The summed E-state index contributed by atoms with van der Waals surface area (Å²) in [4.78, 5) is 28.7. The van der Waals surface area contributed by atoms with Gasteiger partial charge in [0.15, 0.2) is 0 Å². The molecule has 0 saturated carbocycles. The molecule has 156 valence electrons. The highest BCUT2D eigenvalue weighted by Crippen LogP contribution is 2.19. The van der Waals surface area contributed by atoms with Crippen LogP contribution in [0, 0.1) is 13.8 Å². The zero-order chi connectivity index (χ0) is 21.5. The lowest BCUT2D eigenvalue weighted by molar-refractivity contribution is 0.0925. The summed E-state index contributed by atoms with van der Waals surface area (Å²) in [6.45, 7) is 4.89. The molecule has 0 saturated heterocycles. The molecule has 3 rings (SSSR count). The lowest BCUT2D eigenvalue weighted by atomic mass is 10.1. The summed E-state index contributed by atoms with van der Waals surface area (Å²) < 4.78 is 5.78. The number of halogens is 1. The van der Waals surface area contributed by atoms with E-state index in [4.69, 9.17) is 16.3 Å². The minimum atomic E-state index is -0.295. The van der Waals surface area contributed by atoms with E-state index in [0.717, 1.165) is 16.9 Å². The van der Waals surface area contributed by atoms with E-state index in [-0.39, 0.29) is 24.9 Å². The molecule has 0 fully saturated rings. The Morgan fingerprint density at radius 1 is 1.03 bits per heavy atom. The Morgan fingerprint density at radius 3 is 2.40 bits per heavy atom. The SMILES string of the molecule is Cc1cc(C)cc(OCc2nc(C(=O)NCCNC(=O)c3ccccc3Cl)cs2)c1. The van der Waals surface area contributed by atoms with Crippen LogP contribution in [0.15, 0.2) is 47.8 Å². The van der Waals surface area contributed by atoms with Crippen molar-refractivity contribution in [2.75, 3.05) is 13.1 Å². The van der Waals surface area contributed by atoms with Gasteiger partial charge in [0.2, 0.25) is 0 Å². The van der Waals surface area contributed by atoms with Crippen LogP contribution < -0.4 is 15.4 Å². The molecule has 30 heavy (non-hydrogen) atoms. The Morgan fingerprint density at radius 2 is 1.70 bits per heavy atom. The molecule has 0 spiro atoms. The number of aromatic nitrogens is 1. The number of hydrogen-bond acceptors (Lipinski definition) is 5. The van der Waals surface area contributed by atoms with Crippen LogP contribution in [0.4, 0.5) is 0 Å². The van der Waals surface area contributed by atoms with Gasteiger partial charge in [-0.05, 0) is 49.2 Å². The molecule has 2 N–H and O–H groups in total. The van der Waals surface area contributed by atoms with E-state index >= 15 is 0 Å².